The van der Waals surface area contributed by atoms with Crippen molar-refractivity contribution in [3.63, 3.8) is 0 Å². The molecule has 0 bridgehead atoms. The molecule has 0 spiro atoms. The van der Waals surface area contributed by atoms with E-state index in [1.54, 1.807) is 6.07 Å². The Bertz CT molecular complexity index is 1320. The second-order valence-corrected chi connectivity index (χ2v) is 10.1. The van der Waals surface area contributed by atoms with Crippen molar-refractivity contribution in [2.24, 2.45) is 0 Å². The maximum atomic E-state index is 13.0. The van der Waals surface area contributed by atoms with Crippen molar-refractivity contribution in [2.75, 3.05) is 18.8 Å². The molecular formula is C19H20F3N5O4S2. The van der Waals surface area contributed by atoms with Crippen LogP contribution >= 0.6 is 11.8 Å². The van der Waals surface area contributed by atoms with Gasteiger partial charge in [0, 0.05) is 25.2 Å². The summed E-state index contributed by atoms with van der Waals surface area (Å²) in [4.78, 5) is 16.9. The van der Waals surface area contributed by atoms with Crippen LogP contribution in [0.1, 0.15) is 11.3 Å². The van der Waals surface area contributed by atoms with Crippen molar-refractivity contribution < 1.29 is 26.7 Å². The van der Waals surface area contributed by atoms with E-state index < -0.39 is 21.4 Å². The van der Waals surface area contributed by atoms with Gasteiger partial charge in [-0.2, -0.15) is 25.9 Å². The summed E-state index contributed by atoms with van der Waals surface area (Å²) in [6.45, 7) is 1.50. The van der Waals surface area contributed by atoms with Crippen LogP contribution in [0.5, 0.6) is 5.88 Å². The van der Waals surface area contributed by atoms with Crippen molar-refractivity contribution in [2.45, 2.75) is 23.9 Å². The second kappa shape index (κ2) is 9.11. The Kier molecular flexibility index (Phi) is 6.81. The number of pyridine rings is 1. The van der Waals surface area contributed by atoms with E-state index in [9.17, 15) is 31.5 Å². The van der Waals surface area contributed by atoms with Gasteiger partial charge in [-0.1, -0.05) is 0 Å². The predicted molar refractivity (Wildman–Crippen MR) is 118 cm³/mol. The summed E-state index contributed by atoms with van der Waals surface area (Å²) >= 11 is -0.283. The molecule has 0 unspecified atom stereocenters. The summed E-state index contributed by atoms with van der Waals surface area (Å²) in [6, 6.07) is 8.05. The van der Waals surface area contributed by atoms with Crippen molar-refractivity contribution in [1.82, 2.24) is 18.4 Å². The zero-order chi connectivity index (χ0) is 24.6. The molecule has 0 amide bonds. The zero-order valence-corrected chi connectivity index (χ0v) is 19.3. The number of alkyl halides is 3. The van der Waals surface area contributed by atoms with E-state index >= 15 is 0 Å². The Morgan fingerprint density at radius 1 is 1.18 bits per heavy atom. The minimum Gasteiger partial charge on any atom is -0.493 e. The first-order valence-corrected chi connectivity index (χ1v) is 11.6. The maximum absolute atomic E-state index is 13.0. The number of halogens is 3. The number of aromatic hydroxyl groups is 1. The Morgan fingerprint density at radius 2 is 1.82 bits per heavy atom. The van der Waals surface area contributed by atoms with Crippen molar-refractivity contribution in [3.8, 4) is 11.6 Å². The molecule has 2 aromatic heterocycles. The van der Waals surface area contributed by atoms with E-state index in [0.717, 1.165) is 8.87 Å². The quantitative estimate of drug-likeness (QED) is 0.480. The number of benzene rings is 1. The fourth-order valence-corrected chi connectivity index (χ4v) is 3.99. The lowest BCUT2D eigenvalue weighted by Gasteiger charge is -2.13. The maximum Gasteiger partial charge on any atom is 0.446 e. The highest BCUT2D eigenvalue weighted by molar-refractivity contribution is 8.00. The summed E-state index contributed by atoms with van der Waals surface area (Å²) in [6.07, 6.45) is 1.37. The third-order valence-corrected chi connectivity index (χ3v) is 6.74. The van der Waals surface area contributed by atoms with Gasteiger partial charge in [0.05, 0.1) is 17.9 Å². The SMILES string of the molecule is Cc1c(O)n(-c2ccc(SC(F)(F)F)cc2)c(=O)n1Cc1ccnc(NS(=O)(=O)N(C)C)c1. The van der Waals surface area contributed by atoms with Gasteiger partial charge in [0.2, 0.25) is 5.88 Å². The van der Waals surface area contributed by atoms with E-state index in [0.29, 0.717) is 5.56 Å². The molecule has 3 aromatic rings. The molecule has 0 saturated carbocycles. The predicted octanol–water partition coefficient (Wildman–Crippen LogP) is 2.93. The fourth-order valence-electron chi connectivity index (χ4n) is 2.89. The third-order valence-electron chi connectivity index (χ3n) is 4.57. The van der Waals surface area contributed by atoms with E-state index in [1.807, 2.05) is 0 Å². The van der Waals surface area contributed by atoms with Gasteiger partial charge in [0.25, 0.3) is 0 Å². The number of nitrogens with zero attached hydrogens (tertiary/aromatic N) is 4. The number of hydrogen-bond acceptors (Lipinski definition) is 6. The lowest BCUT2D eigenvalue weighted by Crippen LogP contribution is -2.29. The van der Waals surface area contributed by atoms with Gasteiger partial charge in [-0.05, 0) is 60.6 Å². The van der Waals surface area contributed by atoms with E-state index in [2.05, 4.69) is 9.71 Å². The monoisotopic (exact) mass is 503 g/mol. The number of rotatable bonds is 7. The van der Waals surface area contributed by atoms with E-state index in [-0.39, 0.29) is 46.3 Å². The van der Waals surface area contributed by atoms with Crippen LogP contribution in [-0.4, -0.2) is 51.6 Å². The summed E-state index contributed by atoms with van der Waals surface area (Å²) in [5.41, 5.74) is -4.11. The molecule has 9 nitrogen and oxygen atoms in total. The molecule has 0 aliphatic carbocycles. The molecule has 0 radical (unpaired) electrons. The average molecular weight is 504 g/mol. The van der Waals surface area contributed by atoms with Crippen molar-refractivity contribution >= 4 is 27.8 Å². The van der Waals surface area contributed by atoms with Gasteiger partial charge in [0.15, 0.2) is 0 Å². The smallest absolute Gasteiger partial charge is 0.446 e. The van der Waals surface area contributed by atoms with Crippen LogP contribution in [0.2, 0.25) is 0 Å². The largest absolute Gasteiger partial charge is 0.493 e. The fraction of sp³-hybridized carbons (Fsp3) is 0.263. The van der Waals surface area contributed by atoms with Gasteiger partial charge < -0.3 is 5.11 Å². The molecule has 1 aromatic carbocycles. The Hall–Kier alpha value is -2.97. The molecule has 0 saturated heterocycles. The first kappa shape index (κ1) is 24.7. The first-order chi connectivity index (χ1) is 15.3. The van der Waals surface area contributed by atoms with Crippen LogP contribution in [0, 0.1) is 6.92 Å². The molecule has 178 valence electrons. The average Bonchev–Trinajstić information content (AvgIpc) is 2.91. The van der Waals surface area contributed by atoms with Crippen LogP contribution in [0.3, 0.4) is 0 Å². The standard InChI is InChI=1S/C19H20F3N5O4S2/c1-12-17(28)27(14-4-6-15(7-5-14)32-19(20,21)22)18(29)26(12)11-13-8-9-23-16(10-13)24-33(30,31)25(2)3/h4-10,28H,11H2,1-3H3,(H,23,24). The summed E-state index contributed by atoms with van der Waals surface area (Å²) in [7, 11) is -1.06. The highest BCUT2D eigenvalue weighted by Gasteiger charge is 2.29. The molecule has 3 rings (SSSR count). The number of nitrogens with one attached hydrogen (secondary N) is 1. The first-order valence-electron chi connectivity index (χ1n) is 9.31. The van der Waals surface area contributed by atoms with Gasteiger partial charge in [-0.15, -0.1) is 0 Å². The van der Waals surface area contributed by atoms with Crippen LogP contribution < -0.4 is 10.4 Å². The minimum absolute atomic E-state index is 0.00749. The number of thioether (sulfide) groups is 1. The topological polar surface area (TPSA) is 109 Å². The van der Waals surface area contributed by atoms with E-state index in [4.69, 9.17) is 0 Å². The summed E-state index contributed by atoms with van der Waals surface area (Å²) in [5.74, 6) is -0.313. The van der Waals surface area contributed by atoms with Crippen molar-refractivity contribution in [3.05, 3.63) is 64.3 Å². The van der Waals surface area contributed by atoms with E-state index in [1.165, 1.54) is 62.1 Å². The summed E-state index contributed by atoms with van der Waals surface area (Å²) in [5, 5.41) is 10.5. The molecule has 0 atom stereocenters. The Labute approximate surface area is 191 Å². The van der Waals surface area contributed by atoms with Crippen LogP contribution in [0.4, 0.5) is 19.0 Å². The lowest BCUT2D eigenvalue weighted by molar-refractivity contribution is -0.0328. The molecule has 0 fully saturated rings. The molecule has 2 N–H and O–H groups in total. The molecule has 0 aliphatic heterocycles. The summed E-state index contributed by atoms with van der Waals surface area (Å²) < 4.78 is 67.1. The number of aromatic nitrogens is 3. The van der Waals surface area contributed by atoms with Gasteiger partial charge in [-0.3, -0.25) is 9.29 Å². The lowest BCUT2D eigenvalue weighted by atomic mass is 10.2. The molecule has 14 heteroatoms. The van der Waals surface area contributed by atoms with Crippen LogP contribution in [-0.2, 0) is 16.8 Å². The highest BCUT2D eigenvalue weighted by atomic mass is 32.2. The second-order valence-electron chi connectivity index (χ2n) is 7.09. The Balaban J connectivity index is 1.91. The highest BCUT2D eigenvalue weighted by Crippen LogP contribution is 2.37. The van der Waals surface area contributed by atoms with Gasteiger partial charge >= 0.3 is 21.4 Å². The number of hydrogen-bond donors (Lipinski definition) is 2. The normalized spacial score (nSPS) is 12.3. The van der Waals surface area contributed by atoms with Gasteiger partial charge in [0.1, 0.15) is 5.82 Å². The Morgan fingerprint density at radius 3 is 2.39 bits per heavy atom. The molecule has 33 heavy (non-hydrogen) atoms. The molecular weight excluding hydrogens is 483 g/mol. The number of anilines is 1. The molecule has 2 heterocycles. The van der Waals surface area contributed by atoms with Crippen LogP contribution in [0.25, 0.3) is 5.69 Å². The van der Waals surface area contributed by atoms with Crippen molar-refractivity contribution in [1.29, 1.82) is 0 Å². The zero-order valence-electron chi connectivity index (χ0n) is 17.7. The van der Waals surface area contributed by atoms with Gasteiger partial charge in [-0.25, -0.2) is 14.3 Å². The minimum atomic E-state index is -4.44. The number of imidazole rings is 1. The molecule has 0 aliphatic rings. The van der Waals surface area contributed by atoms with Crippen LogP contribution in [0.15, 0.2) is 52.3 Å². The third kappa shape index (κ3) is 5.69.